The van der Waals surface area contributed by atoms with Crippen molar-refractivity contribution in [2.75, 3.05) is 33.2 Å². The van der Waals surface area contributed by atoms with E-state index >= 15 is 0 Å². The zero-order chi connectivity index (χ0) is 13.0. The fraction of sp³-hybridized carbons (Fsp3) is 1.00. The molecule has 106 valence electrons. The van der Waals surface area contributed by atoms with Gasteiger partial charge in [0.25, 0.3) is 0 Å². The van der Waals surface area contributed by atoms with Gasteiger partial charge in [0.1, 0.15) is 0 Å². The van der Waals surface area contributed by atoms with Crippen molar-refractivity contribution in [2.45, 2.75) is 64.1 Å². The molecule has 0 radical (unpaired) electrons. The molecule has 0 aromatic heterocycles. The molecule has 0 aromatic rings. The summed E-state index contributed by atoms with van der Waals surface area (Å²) < 4.78 is 0. The molecule has 3 nitrogen and oxygen atoms in total. The van der Waals surface area contributed by atoms with Crippen molar-refractivity contribution in [3.05, 3.63) is 0 Å². The number of piperazine rings is 1. The maximum absolute atomic E-state index is 3.73. The van der Waals surface area contributed by atoms with Gasteiger partial charge in [-0.25, -0.2) is 0 Å². The van der Waals surface area contributed by atoms with Crippen LogP contribution in [0.2, 0.25) is 0 Å². The van der Waals surface area contributed by atoms with Crippen molar-refractivity contribution in [2.24, 2.45) is 0 Å². The quantitative estimate of drug-likeness (QED) is 0.748. The summed E-state index contributed by atoms with van der Waals surface area (Å²) in [5.74, 6) is 0. The highest BCUT2D eigenvalue weighted by atomic mass is 15.3. The van der Waals surface area contributed by atoms with Crippen LogP contribution in [0.25, 0.3) is 0 Å². The minimum absolute atomic E-state index is 0.762. The van der Waals surface area contributed by atoms with Gasteiger partial charge in [-0.15, -0.1) is 0 Å². The van der Waals surface area contributed by atoms with Gasteiger partial charge in [-0.1, -0.05) is 20.3 Å². The van der Waals surface area contributed by atoms with Gasteiger partial charge in [0.15, 0.2) is 0 Å². The van der Waals surface area contributed by atoms with Crippen molar-refractivity contribution in [3.63, 3.8) is 0 Å². The Hall–Kier alpha value is -0.120. The van der Waals surface area contributed by atoms with E-state index in [1.54, 1.807) is 0 Å². The van der Waals surface area contributed by atoms with Crippen LogP contribution in [0.15, 0.2) is 0 Å². The number of nitrogens with one attached hydrogen (secondary N) is 1. The Morgan fingerprint density at radius 2 is 2.00 bits per heavy atom. The maximum Gasteiger partial charge on any atom is 0.0221 e. The second-order valence-electron chi connectivity index (χ2n) is 6.16. The first kappa shape index (κ1) is 14.3. The third kappa shape index (κ3) is 3.94. The molecule has 18 heavy (non-hydrogen) atoms. The average Bonchev–Trinajstić information content (AvgIpc) is 3.19. The first-order valence-electron chi connectivity index (χ1n) is 7.92. The number of nitrogens with zero attached hydrogens (tertiary/aromatic N) is 2. The van der Waals surface area contributed by atoms with Crippen molar-refractivity contribution < 1.29 is 0 Å². The van der Waals surface area contributed by atoms with Crippen LogP contribution in [0, 0.1) is 0 Å². The fourth-order valence-electron chi connectivity index (χ4n) is 3.08. The summed E-state index contributed by atoms with van der Waals surface area (Å²) in [5, 5.41) is 3.73. The van der Waals surface area contributed by atoms with E-state index in [0.717, 1.165) is 18.1 Å². The van der Waals surface area contributed by atoms with Gasteiger partial charge in [-0.2, -0.15) is 0 Å². The Morgan fingerprint density at radius 3 is 2.61 bits per heavy atom. The van der Waals surface area contributed by atoms with Gasteiger partial charge in [0, 0.05) is 44.3 Å². The first-order valence-corrected chi connectivity index (χ1v) is 7.92. The van der Waals surface area contributed by atoms with Crippen LogP contribution in [-0.2, 0) is 0 Å². The topological polar surface area (TPSA) is 18.5 Å². The van der Waals surface area contributed by atoms with Gasteiger partial charge in [0.2, 0.25) is 0 Å². The number of hydrogen-bond acceptors (Lipinski definition) is 3. The van der Waals surface area contributed by atoms with E-state index in [1.165, 1.54) is 58.3 Å². The molecule has 0 aromatic carbocycles. The second-order valence-corrected chi connectivity index (χ2v) is 6.16. The molecule has 1 aliphatic heterocycles. The number of likely N-dealkylation sites (N-methyl/N-ethyl adjacent to an activating group) is 1. The summed E-state index contributed by atoms with van der Waals surface area (Å²) in [6.45, 7) is 9.61. The average molecular weight is 253 g/mol. The third-order valence-electron chi connectivity index (χ3n) is 4.64. The van der Waals surface area contributed by atoms with Gasteiger partial charge in [-0.05, 0) is 32.7 Å². The van der Waals surface area contributed by atoms with Crippen molar-refractivity contribution >= 4 is 0 Å². The van der Waals surface area contributed by atoms with Crippen LogP contribution in [0.5, 0.6) is 0 Å². The lowest BCUT2D eigenvalue weighted by atomic mass is 10.0. The van der Waals surface area contributed by atoms with Gasteiger partial charge < -0.3 is 10.2 Å². The molecule has 2 atom stereocenters. The van der Waals surface area contributed by atoms with E-state index in [2.05, 4.69) is 36.0 Å². The van der Waals surface area contributed by atoms with Gasteiger partial charge >= 0.3 is 0 Å². The zero-order valence-corrected chi connectivity index (χ0v) is 12.5. The summed E-state index contributed by atoms with van der Waals surface area (Å²) >= 11 is 0. The lowest BCUT2D eigenvalue weighted by Crippen LogP contribution is -2.56. The highest BCUT2D eigenvalue weighted by Crippen LogP contribution is 2.20. The molecule has 1 heterocycles. The predicted molar refractivity (Wildman–Crippen MR) is 78.0 cm³/mol. The summed E-state index contributed by atoms with van der Waals surface area (Å²) in [6, 6.07) is 2.37. The molecule has 0 spiro atoms. The Balaban J connectivity index is 1.83. The highest BCUT2D eigenvalue weighted by molar-refractivity contribution is 4.87. The van der Waals surface area contributed by atoms with Crippen LogP contribution in [0.3, 0.4) is 0 Å². The lowest BCUT2D eigenvalue weighted by molar-refractivity contribution is 0.0587. The Bertz CT molecular complexity index is 240. The van der Waals surface area contributed by atoms with E-state index in [9.17, 15) is 0 Å². The Labute approximate surface area is 113 Å². The summed E-state index contributed by atoms with van der Waals surface area (Å²) in [4.78, 5) is 5.28. The smallest absolute Gasteiger partial charge is 0.0221 e. The molecule has 1 N–H and O–H groups in total. The fourth-order valence-corrected chi connectivity index (χ4v) is 3.08. The second kappa shape index (κ2) is 6.88. The van der Waals surface area contributed by atoms with Crippen LogP contribution in [0.4, 0.5) is 0 Å². The van der Waals surface area contributed by atoms with Crippen molar-refractivity contribution in [1.29, 1.82) is 0 Å². The van der Waals surface area contributed by atoms with Crippen molar-refractivity contribution in [1.82, 2.24) is 15.1 Å². The SMILES string of the molecule is CCCC(CNC1CC1)N1CCN(C)C(CC)C1. The molecule has 1 saturated heterocycles. The molecule has 2 aliphatic rings. The van der Waals surface area contributed by atoms with Gasteiger partial charge in [-0.3, -0.25) is 4.90 Å². The Kier molecular flexibility index (Phi) is 5.46. The van der Waals surface area contributed by atoms with E-state index in [-0.39, 0.29) is 0 Å². The van der Waals surface area contributed by atoms with Crippen LogP contribution in [-0.4, -0.2) is 61.2 Å². The molecule has 1 saturated carbocycles. The maximum atomic E-state index is 3.73. The molecular formula is C15H31N3. The standard InChI is InChI=1S/C15H31N3/c1-4-6-15(11-16-13-7-8-13)18-10-9-17(3)14(5-2)12-18/h13-16H,4-12H2,1-3H3. The predicted octanol–water partition coefficient (Wildman–Crippen LogP) is 1.93. The largest absolute Gasteiger partial charge is 0.312 e. The summed E-state index contributed by atoms with van der Waals surface area (Å²) in [6.07, 6.45) is 6.74. The number of rotatable bonds is 7. The molecular weight excluding hydrogens is 222 g/mol. The van der Waals surface area contributed by atoms with E-state index in [4.69, 9.17) is 0 Å². The van der Waals surface area contributed by atoms with E-state index in [1.807, 2.05) is 0 Å². The van der Waals surface area contributed by atoms with E-state index < -0.39 is 0 Å². The van der Waals surface area contributed by atoms with Crippen molar-refractivity contribution in [3.8, 4) is 0 Å². The monoisotopic (exact) mass is 253 g/mol. The van der Waals surface area contributed by atoms with Gasteiger partial charge in [0.05, 0.1) is 0 Å². The summed E-state index contributed by atoms with van der Waals surface area (Å²) in [7, 11) is 2.28. The molecule has 2 rings (SSSR count). The minimum atomic E-state index is 0.762. The molecule has 0 bridgehead atoms. The zero-order valence-electron chi connectivity index (χ0n) is 12.5. The van der Waals surface area contributed by atoms with E-state index in [0.29, 0.717) is 0 Å². The minimum Gasteiger partial charge on any atom is -0.312 e. The summed E-state index contributed by atoms with van der Waals surface area (Å²) in [5.41, 5.74) is 0. The normalized spacial score (nSPS) is 28.5. The highest BCUT2D eigenvalue weighted by Gasteiger charge is 2.29. The number of hydrogen-bond donors (Lipinski definition) is 1. The van der Waals surface area contributed by atoms with Crippen LogP contribution < -0.4 is 5.32 Å². The molecule has 2 unspecified atom stereocenters. The molecule has 0 amide bonds. The molecule has 3 heteroatoms. The lowest BCUT2D eigenvalue weighted by Gasteiger charge is -2.43. The van der Waals surface area contributed by atoms with Crippen LogP contribution >= 0.6 is 0 Å². The molecule has 2 fully saturated rings. The first-order chi connectivity index (χ1) is 8.74. The third-order valence-corrected chi connectivity index (χ3v) is 4.64. The Morgan fingerprint density at radius 1 is 1.22 bits per heavy atom. The molecule has 1 aliphatic carbocycles. The van der Waals surface area contributed by atoms with Crippen LogP contribution in [0.1, 0.15) is 46.0 Å².